The standard InChI is InChI=1S/C12H19ClN2O/c1-3-12(4-2,9-16)15-7-10-5-6-14-8-11(10)13/h5-6,8,15-16H,3-4,7,9H2,1-2H3. The number of halogens is 1. The van der Waals surface area contributed by atoms with Crippen molar-refractivity contribution in [3.8, 4) is 0 Å². The molecule has 0 atom stereocenters. The van der Waals surface area contributed by atoms with Crippen LogP contribution in [0.15, 0.2) is 18.5 Å². The molecule has 16 heavy (non-hydrogen) atoms. The highest BCUT2D eigenvalue weighted by molar-refractivity contribution is 6.31. The van der Waals surface area contributed by atoms with Crippen LogP contribution in [0.2, 0.25) is 5.02 Å². The number of pyridine rings is 1. The van der Waals surface area contributed by atoms with Crippen molar-refractivity contribution in [3.05, 3.63) is 29.0 Å². The normalized spacial score (nSPS) is 11.8. The van der Waals surface area contributed by atoms with E-state index in [2.05, 4.69) is 24.1 Å². The van der Waals surface area contributed by atoms with Crippen LogP contribution in [0.4, 0.5) is 0 Å². The van der Waals surface area contributed by atoms with Gasteiger partial charge in [-0.2, -0.15) is 0 Å². The molecule has 0 saturated heterocycles. The Bertz CT molecular complexity index is 318. The minimum atomic E-state index is -0.202. The second-order valence-corrected chi connectivity index (χ2v) is 4.37. The molecule has 0 spiro atoms. The molecule has 0 aliphatic heterocycles. The van der Waals surface area contributed by atoms with E-state index in [1.165, 1.54) is 0 Å². The maximum atomic E-state index is 9.42. The molecule has 1 rings (SSSR count). The summed E-state index contributed by atoms with van der Waals surface area (Å²) in [5.41, 5.74) is 0.809. The number of hydrogen-bond donors (Lipinski definition) is 2. The molecule has 0 aliphatic rings. The predicted octanol–water partition coefficient (Wildman–Crippen LogP) is 2.38. The topological polar surface area (TPSA) is 45.1 Å². The van der Waals surface area contributed by atoms with Crippen LogP contribution in [-0.4, -0.2) is 22.2 Å². The zero-order valence-corrected chi connectivity index (χ0v) is 10.6. The smallest absolute Gasteiger partial charge is 0.0634 e. The number of nitrogens with zero attached hydrogens (tertiary/aromatic N) is 1. The van der Waals surface area contributed by atoms with Gasteiger partial charge in [0.1, 0.15) is 0 Å². The minimum Gasteiger partial charge on any atom is -0.394 e. The average molecular weight is 243 g/mol. The monoisotopic (exact) mass is 242 g/mol. The van der Waals surface area contributed by atoms with Crippen molar-refractivity contribution in [1.82, 2.24) is 10.3 Å². The summed E-state index contributed by atoms with van der Waals surface area (Å²) in [7, 11) is 0. The third-order valence-corrected chi connectivity index (χ3v) is 3.51. The van der Waals surface area contributed by atoms with Gasteiger partial charge in [0.05, 0.1) is 11.6 Å². The molecule has 0 aromatic carbocycles. The molecule has 90 valence electrons. The summed E-state index contributed by atoms with van der Waals surface area (Å²) in [5.74, 6) is 0. The van der Waals surface area contributed by atoms with E-state index >= 15 is 0 Å². The van der Waals surface area contributed by atoms with Gasteiger partial charge in [-0.25, -0.2) is 0 Å². The Morgan fingerprint density at radius 1 is 1.44 bits per heavy atom. The van der Waals surface area contributed by atoms with Crippen molar-refractivity contribution >= 4 is 11.6 Å². The number of rotatable bonds is 6. The fourth-order valence-corrected chi connectivity index (χ4v) is 1.80. The molecule has 0 amide bonds. The number of aliphatic hydroxyl groups is 1. The van der Waals surface area contributed by atoms with Crippen molar-refractivity contribution < 1.29 is 5.11 Å². The Labute approximate surface area is 102 Å². The lowest BCUT2D eigenvalue weighted by atomic mass is 9.93. The highest BCUT2D eigenvalue weighted by Gasteiger charge is 2.24. The largest absolute Gasteiger partial charge is 0.394 e. The molecule has 1 aromatic rings. The minimum absolute atomic E-state index is 0.142. The van der Waals surface area contributed by atoms with Crippen LogP contribution < -0.4 is 5.32 Å². The Balaban J connectivity index is 2.66. The first-order chi connectivity index (χ1) is 7.67. The summed E-state index contributed by atoms with van der Waals surface area (Å²) < 4.78 is 0. The Morgan fingerprint density at radius 2 is 2.12 bits per heavy atom. The molecule has 0 radical (unpaired) electrons. The molecule has 1 heterocycles. The maximum absolute atomic E-state index is 9.42. The van der Waals surface area contributed by atoms with Crippen molar-refractivity contribution in [2.75, 3.05) is 6.61 Å². The van der Waals surface area contributed by atoms with Gasteiger partial charge in [0.2, 0.25) is 0 Å². The summed E-state index contributed by atoms with van der Waals surface area (Å²) in [5, 5.41) is 13.5. The van der Waals surface area contributed by atoms with Crippen LogP contribution in [0.5, 0.6) is 0 Å². The third kappa shape index (κ3) is 3.17. The summed E-state index contributed by atoms with van der Waals surface area (Å²) in [6.45, 7) is 4.94. The van der Waals surface area contributed by atoms with Gasteiger partial charge in [0.25, 0.3) is 0 Å². The van der Waals surface area contributed by atoms with Crippen LogP contribution in [0.3, 0.4) is 0 Å². The van der Waals surface area contributed by atoms with Gasteiger partial charge in [-0.05, 0) is 24.5 Å². The highest BCUT2D eigenvalue weighted by Crippen LogP contribution is 2.18. The Kier molecular flexibility index (Phi) is 5.19. The highest BCUT2D eigenvalue weighted by atomic mass is 35.5. The molecule has 3 nitrogen and oxygen atoms in total. The van der Waals surface area contributed by atoms with Crippen molar-refractivity contribution in [1.29, 1.82) is 0 Å². The molecule has 0 aliphatic carbocycles. The quantitative estimate of drug-likeness (QED) is 0.805. The van der Waals surface area contributed by atoms with E-state index in [0.717, 1.165) is 18.4 Å². The maximum Gasteiger partial charge on any atom is 0.0634 e. The third-order valence-electron chi connectivity index (χ3n) is 3.17. The van der Waals surface area contributed by atoms with E-state index in [9.17, 15) is 5.11 Å². The first kappa shape index (κ1) is 13.4. The second kappa shape index (κ2) is 6.18. The molecular weight excluding hydrogens is 224 g/mol. The number of hydrogen-bond acceptors (Lipinski definition) is 3. The molecule has 0 fully saturated rings. The zero-order chi connectivity index (χ0) is 12.0. The van der Waals surface area contributed by atoms with Crippen molar-refractivity contribution in [2.24, 2.45) is 0 Å². The lowest BCUT2D eigenvalue weighted by Crippen LogP contribution is -2.47. The fourth-order valence-electron chi connectivity index (χ4n) is 1.61. The molecule has 4 heteroatoms. The summed E-state index contributed by atoms with van der Waals surface area (Å²) in [4.78, 5) is 3.94. The van der Waals surface area contributed by atoms with Crippen LogP contribution >= 0.6 is 11.6 Å². The van der Waals surface area contributed by atoms with E-state index < -0.39 is 0 Å². The molecule has 0 unspecified atom stereocenters. The van der Waals surface area contributed by atoms with Crippen LogP contribution in [-0.2, 0) is 6.54 Å². The molecular formula is C12H19ClN2O. The van der Waals surface area contributed by atoms with E-state index in [-0.39, 0.29) is 12.1 Å². The van der Waals surface area contributed by atoms with Gasteiger partial charge in [-0.15, -0.1) is 0 Å². The first-order valence-corrected chi connectivity index (χ1v) is 5.99. The van der Waals surface area contributed by atoms with Gasteiger partial charge in [0, 0.05) is 24.5 Å². The average Bonchev–Trinajstić information content (AvgIpc) is 2.34. The SMILES string of the molecule is CCC(CC)(CO)NCc1ccncc1Cl. The first-order valence-electron chi connectivity index (χ1n) is 5.61. The summed E-state index contributed by atoms with van der Waals surface area (Å²) in [6.07, 6.45) is 5.14. The molecule has 2 N–H and O–H groups in total. The van der Waals surface area contributed by atoms with E-state index in [0.29, 0.717) is 11.6 Å². The zero-order valence-electron chi connectivity index (χ0n) is 9.83. The lowest BCUT2D eigenvalue weighted by molar-refractivity contribution is 0.149. The molecule has 0 saturated carbocycles. The van der Waals surface area contributed by atoms with Crippen molar-refractivity contribution in [2.45, 2.75) is 38.8 Å². The summed E-state index contributed by atoms with van der Waals surface area (Å²) >= 11 is 6.02. The van der Waals surface area contributed by atoms with E-state index in [4.69, 9.17) is 11.6 Å². The van der Waals surface area contributed by atoms with Crippen LogP contribution in [0.25, 0.3) is 0 Å². The van der Waals surface area contributed by atoms with E-state index in [1.807, 2.05) is 6.07 Å². The van der Waals surface area contributed by atoms with Gasteiger partial charge in [-0.3, -0.25) is 4.98 Å². The van der Waals surface area contributed by atoms with Gasteiger partial charge < -0.3 is 10.4 Å². The summed E-state index contributed by atoms with van der Waals surface area (Å²) in [6, 6.07) is 1.89. The van der Waals surface area contributed by atoms with Crippen LogP contribution in [0, 0.1) is 0 Å². The second-order valence-electron chi connectivity index (χ2n) is 3.97. The van der Waals surface area contributed by atoms with Crippen molar-refractivity contribution in [3.63, 3.8) is 0 Å². The van der Waals surface area contributed by atoms with Crippen LogP contribution in [0.1, 0.15) is 32.3 Å². The predicted molar refractivity (Wildman–Crippen MR) is 66.5 cm³/mol. The number of aromatic nitrogens is 1. The lowest BCUT2D eigenvalue weighted by Gasteiger charge is -2.31. The van der Waals surface area contributed by atoms with Gasteiger partial charge >= 0.3 is 0 Å². The fraction of sp³-hybridized carbons (Fsp3) is 0.583. The Hall–Kier alpha value is -0.640. The molecule has 0 bridgehead atoms. The number of aliphatic hydroxyl groups excluding tert-OH is 1. The molecule has 1 aromatic heterocycles. The van der Waals surface area contributed by atoms with Gasteiger partial charge in [-0.1, -0.05) is 25.4 Å². The Morgan fingerprint density at radius 3 is 2.62 bits per heavy atom. The van der Waals surface area contributed by atoms with E-state index in [1.54, 1.807) is 12.4 Å². The number of nitrogens with one attached hydrogen (secondary N) is 1. The van der Waals surface area contributed by atoms with Gasteiger partial charge in [0.15, 0.2) is 0 Å².